The fraction of sp³-hybridized carbons (Fsp3) is 0.455. The number of hydrogen-bond donors (Lipinski definition) is 8. The van der Waals surface area contributed by atoms with Crippen LogP contribution in [-0.4, -0.2) is 14.2 Å². The molecule has 0 saturated heterocycles. The molecule has 1 unspecified atom stereocenters. The summed E-state index contributed by atoms with van der Waals surface area (Å²) < 4.78 is 25.1. The van der Waals surface area contributed by atoms with Gasteiger partial charge in [-0.15, -0.1) is 0 Å². The minimum absolute atomic E-state index is 0.102. The third-order valence-electron chi connectivity index (χ3n) is 10.3. The van der Waals surface area contributed by atoms with Crippen molar-refractivity contribution in [1.29, 1.82) is 0 Å². The molecule has 1 heterocycles. The number of nitrogens with two attached hydrogens (primary N) is 4. The van der Waals surface area contributed by atoms with Crippen LogP contribution in [0.2, 0.25) is 0 Å². The van der Waals surface area contributed by atoms with Gasteiger partial charge in [0.25, 0.3) is 0 Å². The molecule has 0 radical (unpaired) electrons. The Morgan fingerprint density at radius 3 is 1.38 bits per heavy atom. The summed E-state index contributed by atoms with van der Waals surface area (Å²) in [7, 11) is 3.36. The van der Waals surface area contributed by atoms with E-state index in [1.54, 1.807) is 14.2 Å². The smallest absolute Gasteiger partial charge is 0.177 e. The summed E-state index contributed by atoms with van der Waals surface area (Å²) in [6.45, 7) is 13.1. The third-order valence-corrected chi connectivity index (χ3v) is 10.3. The van der Waals surface area contributed by atoms with E-state index in [1.165, 1.54) is 22.3 Å². The number of benzene rings is 3. The van der Waals surface area contributed by atoms with Crippen molar-refractivity contribution in [3.63, 3.8) is 0 Å². The Balaban J connectivity index is 1.59. The molecule has 1 atom stereocenters. The van der Waals surface area contributed by atoms with Gasteiger partial charge < -0.3 is 18.9 Å². The Kier molecular flexibility index (Phi) is 7.58. The average molecular weight is 619 g/mol. The molecule has 3 aliphatic rings. The predicted octanol–water partition coefficient (Wildman–Crippen LogP) is 3.72. The Morgan fingerprint density at radius 1 is 0.622 bits per heavy atom. The summed E-state index contributed by atoms with van der Waals surface area (Å²) in [5.74, 6) is 27.3. The van der Waals surface area contributed by atoms with E-state index in [1.807, 2.05) is 13.8 Å². The average Bonchev–Trinajstić information content (AvgIpc) is 3.37. The van der Waals surface area contributed by atoms with Crippen LogP contribution in [0.4, 0.5) is 0 Å². The maximum absolute atomic E-state index is 6.83. The zero-order chi connectivity index (χ0) is 32.6. The van der Waals surface area contributed by atoms with E-state index in [9.17, 15) is 0 Å². The van der Waals surface area contributed by atoms with E-state index in [2.05, 4.69) is 73.7 Å². The highest BCUT2D eigenvalue weighted by atomic mass is 16.6. The van der Waals surface area contributed by atoms with E-state index < -0.39 is 12.3 Å². The maximum atomic E-state index is 6.83. The van der Waals surface area contributed by atoms with Crippen LogP contribution in [0.3, 0.4) is 0 Å². The number of hydrogen-bond acceptors (Lipinski definition) is 12. The number of nitrogens with one attached hydrogen (secondary N) is 4. The van der Waals surface area contributed by atoms with Crippen molar-refractivity contribution in [3.8, 4) is 34.5 Å². The lowest BCUT2D eigenvalue weighted by molar-refractivity contribution is 0.331. The summed E-state index contributed by atoms with van der Waals surface area (Å²) in [6, 6.07) is 8.60. The molecule has 0 aromatic heterocycles. The van der Waals surface area contributed by atoms with Gasteiger partial charge >= 0.3 is 0 Å². The van der Waals surface area contributed by atoms with E-state index in [0.29, 0.717) is 23.0 Å². The molecule has 2 aliphatic carbocycles. The molecule has 0 fully saturated rings. The van der Waals surface area contributed by atoms with Gasteiger partial charge in [-0.2, -0.15) is 0 Å². The van der Waals surface area contributed by atoms with Crippen LogP contribution in [0.5, 0.6) is 34.5 Å². The number of ether oxygens (including phenoxy) is 4. The highest BCUT2D eigenvalue weighted by Gasteiger charge is 2.57. The highest BCUT2D eigenvalue weighted by molar-refractivity contribution is 5.70. The standard InChI is InChI=1S/C33H46N8O4/c1-15-16(2)26(30(40-36)41-37)28-27(25(15)29(38-34)39-35)44-23-10-18-20(12-24(23)45-28)33(14-32(18,5)6)13-31(3,4)17-9-21(42-7)22(43-8)11-19(17)33/h9-12,29-30,38-41H,13-14,34-37H2,1-8H3. The molecular weight excluding hydrogens is 572 g/mol. The molecule has 1 spiro atoms. The second kappa shape index (κ2) is 10.8. The summed E-state index contributed by atoms with van der Waals surface area (Å²) in [5, 5.41) is 0. The third kappa shape index (κ3) is 4.43. The fourth-order valence-corrected chi connectivity index (χ4v) is 8.33. The van der Waals surface area contributed by atoms with Crippen molar-refractivity contribution in [2.45, 2.75) is 83.0 Å². The first-order valence-electron chi connectivity index (χ1n) is 15.2. The second-order valence-corrected chi connectivity index (χ2v) is 13.8. The van der Waals surface area contributed by atoms with Crippen molar-refractivity contribution < 1.29 is 18.9 Å². The molecule has 12 heteroatoms. The number of methoxy groups -OCH3 is 2. The van der Waals surface area contributed by atoms with Crippen LogP contribution < -0.4 is 64.0 Å². The molecule has 3 aromatic carbocycles. The quantitative estimate of drug-likeness (QED) is 0.0813. The summed E-state index contributed by atoms with van der Waals surface area (Å²) >= 11 is 0. The van der Waals surface area contributed by atoms with Crippen molar-refractivity contribution >= 4 is 0 Å². The Hall–Kier alpha value is -3.46. The van der Waals surface area contributed by atoms with Gasteiger partial charge in [-0.3, -0.25) is 23.4 Å². The fourth-order valence-electron chi connectivity index (χ4n) is 8.33. The Labute approximate surface area is 264 Å². The zero-order valence-electron chi connectivity index (χ0n) is 27.3. The lowest BCUT2D eigenvalue weighted by atomic mass is 9.72. The van der Waals surface area contributed by atoms with Gasteiger partial charge in [0.15, 0.2) is 34.5 Å². The molecule has 0 amide bonds. The molecular formula is C33H46N8O4. The SMILES string of the molecule is COc1cc2c(cc1OC)C1(CC2(C)C)CC(C)(C)c2cc3c(cc21)Oc1c(c(C(NN)NN)c(C)c(C)c1C(NN)NN)O3. The molecule has 0 saturated carbocycles. The minimum Gasteiger partial charge on any atom is -0.493 e. The van der Waals surface area contributed by atoms with Gasteiger partial charge in [0, 0.05) is 16.5 Å². The van der Waals surface area contributed by atoms with Crippen LogP contribution in [-0.2, 0) is 16.2 Å². The highest BCUT2D eigenvalue weighted by Crippen LogP contribution is 2.66. The molecule has 0 bridgehead atoms. The van der Waals surface area contributed by atoms with E-state index in [4.69, 9.17) is 42.3 Å². The summed E-state index contributed by atoms with van der Waals surface area (Å²) in [4.78, 5) is 0. The van der Waals surface area contributed by atoms with Gasteiger partial charge in [-0.05, 0) is 95.2 Å². The van der Waals surface area contributed by atoms with Crippen LogP contribution in [0.25, 0.3) is 0 Å². The summed E-state index contributed by atoms with van der Waals surface area (Å²) in [6.07, 6.45) is 0.591. The van der Waals surface area contributed by atoms with Crippen LogP contribution >= 0.6 is 0 Å². The normalized spacial score (nSPS) is 20.0. The van der Waals surface area contributed by atoms with Crippen molar-refractivity contribution in [2.24, 2.45) is 23.4 Å². The van der Waals surface area contributed by atoms with E-state index in [0.717, 1.165) is 46.6 Å². The molecule has 242 valence electrons. The first-order valence-corrected chi connectivity index (χ1v) is 15.2. The monoisotopic (exact) mass is 618 g/mol. The molecule has 45 heavy (non-hydrogen) atoms. The number of rotatable bonds is 8. The molecule has 3 aromatic rings. The van der Waals surface area contributed by atoms with E-state index >= 15 is 0 Å². The van der Waals surface area contributed by atoms with Crippen LogP contribution in [0, 0.1) is 13.8 Å². The molecule has 12 nitrogen and oxygen atoms in total. The van der Waals surface area contributed by atoms with E-state index in [-0.39, 0.29) is 16.2 Å². The summed E-state index contributed by atoms with van der Waals surface area (Å²) in [5.41, 5.74) is 18.6. The van der Waals surface area contributed by atoms with Gasteiger partial charge in [-0.1, -0.05) is 27.7 Å². The topological polar surface area (TPSA) is 189 Å². The lowest BCUT2D eigenvalue weighted by Gasteiger charge is -2.33. The van der Waals surface area contributed by atoms with Crippen molar-refractivity contribution in [3.05, 3.63) is 68.8 Å². The molecule has 12 N–H and O–H groups in total. The Bertz CT molecular complexity index is 1680. The van der Waals surface area contributed by atoms with Gasteiger partial charge in [0.1, 0.15) is 12.3 Å². The Morgan fingerprint density at radius 2 is 0.978 bits per heavy atom. The second-order valence-electron chi connectivity index (χ2n) is 13.8. The molecule has 6 rings (SSSR count). The van der Waals surface area contributed by atoms with Crippen LogP contribution in [0.1, 0.15) is 97.4 Å². The number of fused-ring (bicyclic) bond motifs is 6. The predicted molar refractivity (Wildman–Crippen MR) is 173 cm³/mol. The first kappa shape index (κ1) is 31.5. The van der Waals surface area contributed by atoms with Crippen molar-refractivity contribution in [1.82, 2.24) is 21.7 Å². The van der Waals surface area contributed by atoms with Gasteiger partial charge in [0.05, 0.1) is 14.2 Å². The van der Waals surface area contributed by atoms with Gasteiger partial charge in [-0.25, -0.2) is 21.7 Å². The van der Waals surface area contributed by atoms with Gasteiger partial charge in [0.2, 0.25) is 0 Å². The maximum Gasteiger partial charge on any atom is 0.177 e. The minimum atomic E-state index is -0.628. The van der Waals surface area contributed by atoms with Crippen LogP contribution in [0.15, 0.2) is 24.3 Å². The zero-order valence-corrected chi connectivity index (χ0v) is 27.3. The lowest BCUT2D eigenvalue weighted by Crippen LogP contribution is -2.44. The van der Waals surface area contributed by atoms with Crippen molar-refractivity contribution in [2.75, 3.05) is 14.2 Å². The largest absolute Gasteiger partial charge is 0.493 e. The number of hydrazine groups is 4. The first-order chi connectivity index (χ1) is 21.3. The molecule has 1 aliphatic heterocycles.